The summed E-state index contributed by atoms with van der Waals surface area (Å²) >= 11 is 11.0. The van der Waals surface area contributed by atoms with Gasteiger partial charge in [0.1, 0.15) is 33.7 Å². The molecule has 7 aromatic rings. The Labute approximate surface area is 280 Å². The Balaban J connectivity index is 0.000000182. The predicted octanol–water partition coefficient (Wildman–Crippen LogP) is 7.43. The number of hydrogen-bond donors (Lipinski definition) is 2. The van der Waals surface area contributed by atoms with Crippen molar-refractivity contribution in [2.45, 2.75) is 13.8 Å². The SMILES string of the molecule is C.COCCNc1ccc2cc(C#N)c3nc4ccccc4n3c2n1.N#CCc1nc2ccccc2[nH]1.O=Cc1ccc(Cl)nc1Cl. The van der Waals surface area contributed by atoms with Crippen molar-refractivity contribution in [1.29, 1.82) is 10.5 Å². The normalized spacial score (nSPS) is 10.2. The first kappa shape index (κ1) is 34.3. The molecule has 11 nitrogen and oxygen atoms in total. The molecule has 0 aliphatic carbocycles. The first-order chi connectivity index (χ1) is 22.4. The van der Waals surface area contributed by atoms with Gasteiger partial charge in [-0.2, -0.15) is 10.5 Å². The number of aldehydes is 1. The van der Waals surface area contributed by atoms with Gasteiger partial charge in [0.05, 0.1) is 52.3 Å². The van der Waals surface area contributed by atoms with Crippen LogP contribution in [0.4, 0.5) is 5.82 Å². The smallest absolute Gasteiger partial charge is 0.157 e. The number of ether oxygens (including phenoxy) is 1. The van der Waals surface area contributed by atoms with Crippen molar-refractivity contribution < 1.29 is 9.53 Å². The van der Waals surface area contributed by atoms with Crippen molar-refractivity contribution in [3.8, 4) is 12.1 Å². The first-order valence-electron chi connectivity index (χ1n) is 13.9. The Morgan fingerprint density at radius 1 is 0.936 bits per heavy atom. The van der Waals surface area contributed by atoms with Crippen LogP contribution in [0.5, 0.6) is 0 Å². The number of imidazole rings is 2. The summed E-state index contributed by atoms with van der Waals surface area (Å²) in [6, 6.07) is 28.6. The van der Waals surface area contributed by atoms with Crippen molar-refractivity contribution in [3.63, 3.8) is 0 Å². The molecule has 5 aromatic heterocycles. The number of rotatable bonds is 6. The molecular formula is C34H29Cl2N9O2. The van der Waals surface area contributed by atoms with Gasteiger partial charge in [0.2, 0.25) is 0 Å². The average molecular weight is 667 g/mol. The number of aromatic nitrogens is 6. The van der Waals surface area contributed by atoms with Gasteiger partial charge in [-0.1, -0.05) is 54.9 Å². The van der Waals surface area contributed by atoms with Crippen molar-refractivity contribution in [1.82, 2.24) is 29.3 Å². The van der Waals surface area contributed by atoms with Crippen molar-refractivity contribution >= 4 is 74.1 Å². The zero-order valence-corrected chi connectivity index (χ0v) is 25.9. The average Bonchev–Trinajstić information content (AvgIpc) is 3.67. The monoisotopic (exact) mass is 665 g/mol. The highest BCUT2D eigenvalue weighted by Crippen LogP contribution is 2.26. The lowest BCUT2D eigenvalue weighted by atomic mass is 10.2. The summed E-state index contributed by atoms with van der Waals surface area (Å²) in [6.07, 6.45) is 0.973. The summed E-state index contributed by atoms with van der Waals surface area (Å²) in [5.41, 5.74) is 6.00. The number of nitrogens with one attached hydrogen (secondary N) is 2. The highest BCUT2D eigenvalue weighted by atomic mass is 35.5. The van der Waals surface area contributed by atoms with Crippen LogP contribution in [0.1, 0.15) is 29.2 Å². The summed E-state index contributed by atoms with van der Waals surface area (Å²) in [5.74, 6) is 1.50. The van der Waals surface area contributed by atoms with E-state index in [9.17, 15) is 10.1 Å². The molecule has 0 radical (unpaired) electrons. The lowest BCUT2D eigenvalue weighted by Gasteiger charge is -2.08. The van der Waals surface area contributed by atoms with Gasteiger partial charge in [-0.05, 0) is 54.6 Å². The molecule has 0 fully saturated rings. The molecule has 0 aliphatic rings. The molecule has 0 atom stereocenters. The Bertz CT molecular complexity index is 2220. The number of benzene rings is 2. The second kappa shape index (κ2) is 16.1. The highest BCUT2D eigenvalue weighted by molar-refractivity contribution is 6.33. The zero-order chi connectivity index (χ0) is 32.5. The topological polar surface area (TPSA) is 158 Å². The molecule has 0 saturated carbocycles. The number of nitrogens with zero attached hydrogens (tertiary/aromatic N) is 7. The van der Waals surface area contributed by atoms with Gasteiger partial charge in [-0.15, -0.1) is 0 Å². The van der Waals surface area contributed by atoms with Gasteiger partial charge in [-0.3, -0.25) is 9.20 Å². The van der Waals surface area contributed by atoms with Crippen LogP contribution >= 0.6 is 23.2 Å². The molecule has 0 aliphatic heterocycles. The number of carbonyl (C=O) groups excluding carboxylic acids is 1. The molecule has 7 rings (SSSR count). The lowest BCUT2D eigenvalue weighted by Crippen LogP contribution is -2.09. The molecule has 0 unspecified atom stereocenters. The molecular weight excluding hydrogens is 637 g/mol. The number of fused-ring (bicyclic) bond motifs is 6. The number of halogens is 2. The van der Waals surface area contributed by atoms with Crippen molar-refractivity contribution in [2.24, 2.45) is 0 Å². The standard InChI is InChI=1S/C18H15N5O.C9H7N3.C6H3Cl2NO.CH4/c1-24-9-8-20-16-7-6-12-10-13(11-19)18-21-14-4-2-3-5-15(14)23(18)17(12)22-16;10-6-5-9-11-7-3-1-2-4-8(7)12-9;7-5-2-1-4(3-10)6(8)9-5;/h2-7,10H,8-9H2,1H3,(H,20,22);1-4H,5H2,(H,11,12);1-3H;1H4. The number of aromatic amines is 1. The molecule has 0 bridgehead atoms. The number of carbonyl (C=O) groups is 1. The number of hydrogen-bond acceptors (Lipinski definition) is 9. The number of H-pyrrole nitrogens is 1. The third kappa shape index (κ3) is 7.98. The summed E-state index contributed by atoms with van der Waals surface area (Å²) < 4.78 is 7.00. The van der Waals surface area contributed by atoms with E-state index in [1.807, 2.05) is 71.1 Å². The Hall–Kier alpha value is -5.59. The van der Waals surface area contributed by atoms with Crippen molar-refractivity contribution in [3.05, 3.63) is 106 Å². The van der Waals surface area contributed by atoms with Gasteiger partial charge >= 0.3 is 0 Å². The van der Waals surface area contributed by atoms with Crippen LogP contribution in [0.25, 0.3) is 38.7 Å². The predicted molar refractivity (Wildman–Crippen MR) is 185 cm³/mol. The fourth-order valence-electron chi connectivity index (χ4n) is 4.53. The second-order valence-electron chi connectivity index (χ2n) is 9.63. The lowest BCUT2D eigenvalue weighted by molar-refractivity contribution is 0.112. The van der Waals surface area contributed by atoms with E-state index < -0.39 is 0 Å². The van der Waals surface area contributed by atoms with Gasteiger partial charge in [0.25, 0.3) is 0 Å². The van der Waals surface area contributed by atoms with Gasteiger partial charge < -0.3 is 15.0 Å². The maximum Gasteiger partial charge on any atom is 0.157 e. The molecule has 0 amide bonds. The molecule has 13 heteroatoms. The molecule has 47 heavy (non-hydrogen) atoms. The number of nitriles is 2. The molecule has 5 heterocycles. The Kier molecular flexibility index (Phi) is 11.8. The summed E-state index contributed by atoms with van der Waals surface area (Å²) in [7, 11) is 1.67. The minimum absolute atomic E-state index is 0. The fourth-order valence-corrected chi connectivity index (χ4v) is 4.92. The molecule has 0 spiro atoms. The third-order valence-corrected chi connectivity index (χ3v) is 7.12. The number of pyridine rings is 3. The van der Waals surface area contributed by atoms with Crippen LogP contribution in [0.2, 0.25) is 10.3 Å². The number of para-hydroxylation sites is 4. The zero-order valence-electron chi connectivity index (χ0n) is 24.4. The molecule has 2 aromatic carbocycles. The Morgan fingerprint density at radius 2 is 1.70 bits per heavy atom. The number of methoxy groups -OCH3 is 1. The maximum absolute atomic E-state index is 10.2. The summed E-state index contributed by atoms with van der Waals surface area (Å²) in [4.78, 5) is 30.4. The van der Waals surface area contributed by atoms with Crippen LogP contribution < -0.4 is 5.32 Å². The van der Waals surface area contributed by atoms with Gasteiger partial charge in [0, 0.05) is 19.0 Å². The summed E-state index contributed by atoms with van der Waals surface area (Å²) in [6.45, 7) is 1.29. The van der Waals surface area contributed by atoms with Crippen LogP contribution in [-0.4, -0.2) is 55.9 Å². The highest BCUT2D eigenvalue weighted by Gasteiger charge is 2.13. The molecule has 2 N–H and O–H groups in total. The molecule has 236 valence electrons. The van der Waals surface area contributed by atoms with E-state index in [2.05, 4.69) is 37.4 Å². The fraction of sp³-hybridized carbons (Fsp3) is 0.147. The van der Waals surface area contributed by atoms with E-state index in [0.717, 1.165) is 44.7 Å². The maximum atomic E-state index is 10.2. The third-order valence-electron chi connectivity index (χ3n) is 6.61. The van der Waals surface area contributed by atoms with E-state index >= 15 is 0 Å². The van der Waals surface area contributed by atoms with Crippen LogP contribution in [0.3, 0.4) is 0 Å². The van der Waals surface area contributed by atoms with E-state index in [0.29, 0.717) is 42.6 Å². The minimum atomic E-state index is 0. The summed E-state index contributed by atoms with van der Waals surface area (Å²) in [5, 5.41) is 22.5. The molecule has 0 saturated heterocycles. The largest absolute Gasteiger partial charge is 0.383 e. The van der Waals surface area contributed by atoms with Crippen LogP contribution in [0, 0.1) is 22.7 Å². The van der Waals surface area contributed by atoms with E-state index in [4.69, 9.17) is 38.2 Å². The van der Waals surface area contributed by atoms with E-state index in [1.54, 1.807) is 7.11 Å². The van der Waals surface area contributed by atoms with Gasteiger partial charge in [0.15, 0.2) is 11.9 Å². The van der Waals surface area contributed by atoms with E-state index in [-0.39, 0.29) is 17.7 Å². The van der Waals surface area contributed by atoms with E-state index in [1.165, 1.54) is 12.1 Å². The number of anilines is 1. The van der Waals surface area contributed by atoms with Gasteiger partial charge in [-0.25, -0.2) is 19.9 Å². The quantitative estimate of drug-likeness (QED) is 0.105. The second-order valence-corrected chi connectivity index (χ2v) is 10.4. The van der Waals surface area contributed by atoms with Crippen LogP contribution in [0.15, 0.2) is 78.9 Å². The minimum Gasteiger partial charge on any atom is -0.383 e. The van der Waals surface area contributed by atoms with Crippen molar-refractivity contribution in [2.75, 3.05) is 25.6 Å². The Morgan fingerprint density at radius 3 is 2.40 bits per heavy atom. The first-order valence-corrected chi connectivity index (χ1v) is 14.6. The van der Waals surface area contributed by atoms with Crippen LogP contribution in [-0.2, 0) is 11.2 Å².